The summed E-state index contributed by atoms with van der Waals surface area (Å²) >= 11 is 0. The first kappa shape index (κ1) is 19.9. The number of nitrogens with zero attached hydrogens (tertiary/aromatic N) is 1. The number of hydrogen-bond donors (Lipinski definition) is 1. The normalized spacial score (nSPS) is 17.1. The Morgan fingerprint density at radius 1 is 0.618 bits per heavy atom. The first-order valence-corrected chi connectivity index (χ1v) is 12.4. The molecule has 0 atom stereocenters. The lowest BCUT2D eigenvalue weighted by atomic mass is 9.63. The molecule has 1 N–H and O–H groups in total. The van der Waals surface area contributed by atoms with Crippen LogP contribution in [0.1, 0.15) is 51.7 Å². The van der Waals surface area contributed by atoms with E-state index >= 15 is 0 Å². The van der Waals surface area contributed by atoms with E-state index < -0.39 is 0 Å². The van der Waals surface area contributed by atoms with Gasteiger partial charge in [-0.15, -0.1) is 0 Å². The topological polar surface area (TPSA) is 20.7 Å². The first-order valence-electron chi connectivity index (χ1n) is 12.4. The summed E-state index contributed by atoms with van der Waals surface area (Å²) in [6.45, 7) is 9.68. The molecule has 2 aromatic heterocycles. The molecular weight excluding hydrogens is 412 g/mol. The summed E-state index contributed by atoms with van der Waals surface area (Å²) < 4.78 is 2.48. The molecule has 0 amide bonds. The molecular formula is C32H30N2. The number of nitrogens with one attached hydrogen (secondary N) is 1. The Balaban J connectivity index is 1.75. The van der Waals surface area contributed by atoms with E-state index in [0.29, 0.717) is 0 Å². The van der Waals surface area contributed by atoms with Crippen molar-refractivity contribution < 1.29 is 0 Å². The van der Waals surface area contributed by atoms with Crippen molar-refractivity contribution >= 4 is 43.6 Å². The molecule has 0 fully saturated rings. The predicted molar refractivity (Wildman–Crippen MR) is 145 cm³/mol. The number of H-pyrrole nitrogens is 1. The van der Waals surface area contributed by atoms with Crippen molar-refractivity contribution in [2.45, 2.75) is 51.4 Å². The number of aromatic amines is 1. The van der Waals surface area contributed by atoms with E-state index in [2.05, 4.69) is 116 Å². The van der Waals surface area contributed by atoms with Gasteiger partial charge in [0.05, 0.1) is 11.0 Å². The van der Waals surface area contributed by atoms with Crippen LogP contribution in [0.25, 0.3) is 49.3 Å². The highest BCUT2D eigenvalue weighted by Crippen LogP contribution is 2.49. The van der Waals surface area contributed by atoms with Gasteiger partial charge in [0.1, 0.15) is 0 Å². The highest BCUT2D eigenvalue weighted by atomic mass is 15.0. The lowest BCUT2D eigenvalue weighted by Crippen LogP contribution is -2.33. The van der Waals surface area contributed by atoms with Crippen molar-refractivity contribution in [1.82, 2.24) is 9.55 Å². The molecule has 0 unspecified atom stereocenters. The molecule has 2 heterocycles. The van der Waals surface area contributed by atoms with E-state index in [1.54, 1.807) is 0 Å². The fraction of sp³-hybridized carbons (Fsp3) is 0.250. The molecule has 1 aliphatic rings. The zero-order chi connectivity index (χ0) is 23.2. The molecule has 2 nitrogen and oxygen atoms in total. The van der Waals surface area contributed by atoms with Gasteiger partial charge in [-0.05, 0) is 77.3 Å². The SMILES string of the molecule is CC1(C)CCC(C)(C)c2cc3c(cc21)c1c2c(ccc1n3-c1ccccc1)[nH]c1ccccc12. The molecule has 0 saturated carbocycles. The van der Waals surface area contributed by atoms with Crippen LogP contribution in [0, 0.1) is 0 Å². The van der Waals surface area contributed by atoms with Crippen molar-refractivity contribution in [2.75, 3.05) is 0 Å². The summed E-state index contributed by atoms with van der Waals surface area (Å²) in [5.41, 5.74) is 9.57. The maximum Gasteiger partial charge on any atom is 0.0548 e. The van der Waals surface area contributed by atoms with Gasteiger partial charge < -0.3 is 9.55 Å². The van der Waals surface area contributed by atoms with Crippen LogP contribution in [0.15, 0.2) is 78.9 Å². The second kappa shape index (κ2) is 6.54. The first-order chi connectivity index (χ1) is 16.4. The summed E-state index contributed by atoms with van der Waals surface area (Å²) in [4.78, 5) is 3.67. The van der Waals surface area contributed by atoms with Gasteiger partial charge >= 0.3 is 0 Å². The average Bonchev–Trinajstić information content (AvgIpc) is 3.37. The van der Waals surface area contributed by atoms with Crippen molar-refractivity contribution in [3.05, 3.63) is 90.0 Å². The zero-order valence-corrected chi connectivity index (χ0v) is 20.4. The van der Waals surface area contributed by atoms with E-state index in [-0.39, 0.29) is 10.8 Å². The zero-order valence-electron chi connectivity index (χ0n) is 20.4. The number of aromatic nitrogens is 2. The van der Waals surface area contributed by atoms with Crippen LogP contribution in [-0.4, -0.2) is 9.55 Å². The number of rotatable bonds is 1. The number of hydrogen-bond acceptors (Lipinski definition) is 0. The van der Waals surface area contributed by atoms with Gasteiger partial charge in [0, 0.05) is 38.3 Å². The standard InChI is InChI=1S/C32H30N2/c1-31(2)16-17-32(3,4)24-19-28-22(18-23(24)31)30-27(34(28)20-10-6-5-7-11-20)15-14-26-29(30)21-12-8-9-13-25(21)33-26/h5-15,18-19,33H,16-17H2,1-4H3. The molecule has 7 rings (SSSR count). The van der Waals surface area contributed by atoms with Crippen LogP contribution in [0.4, 0.5) is 0 Å². The second-order valence-corrected chi connectivity index (χ2v) is 11.4. The Morgan fingerprint density at radius 3 is 2.06 bits per heavy atom. The van der Waals surface area contributed by atoms with Crippen molar-refractivity contribution in [3.8, 4) is 5.69 Å². The van der Waals surface area contributed by atoms with E-state index in [1.807, 2.05) is 0 Å². The van der Waals surface area contributed by atoms with E-state index in [1.165, 1.54) is 73.3 Å². The van der Waals surface area contributed by atoms with E-state index in [0.717, 1.165) is 0 Å². The van der Waals surface area contributed by atoms with Gasteiger partial charge in [-0.3, -0.25) is 0 Å². The van der Waals surface area contributed by atoms with Gasteiger partial charge in [0.2, 0.25) is 0 Å². The molecule has 2 heteroatoms. The third kappa shape index (κ3) is 2.57. The predicted octanol–water partition coefficient (Wildman–Crippen LogP) is 8.77. The Bertz CT molecular complexity index is 1740. The lowest BCUT2D eigenvalue weighted by molar-refractivity contribution is 0.332. The maximum absolute atomic E-state index is 3.67. The van der Waals surface area contributed by atoms with Crippen LogP contribution in [0.2, 0.25) is 0 Å². The summed E-state index contributed by atoms with van der Waals surface area (Å²) in [6, 6.07) is 29.2. The fourth-order valence-corrected chi connectivity index (χ4v) is 6.36. The van der Waals surface area contributed by atoms with Gasteiger partial charge in [-0.2, -0.15) is 0 Å². The van der Waals surface area contributed by atoms with Gasteiger partial charge in [-0.25, -0.2) is 0 Å². The highest BCUT2D eigenvalue weighted by Gasteiger charge is 2.38. The Labute approximate surface area is 200 Å². The minimum atomic E-state index is 0.174. The lowest BCUT2D eigenvalue weighted by Gasteiger charge is -2.42. The minimum Gasteiger partial charge on any atom is -0.354 e. The van der Waals surface area contributed by atoms with E-state index in [9.17, 15) is 0 Å². The number of fused-ring (bicyclic) bond motifs is 8. The average molecular weight is 443 g/mol. The molecule has 34 heavy (non-hydrogen) atoms. The third-order valence-electron chi connectivity index (χ3n) is 8.38. The molecule has 4 aromatic carbocycles. The van der Waals surface area contributed by atoms with E-state index in [4.69, 9.17) is 0 Å². The van der Waals surface area contributed by atoms with Gasteiger partial charge in [0.25, 0.3) is 0 Å². The summed E-state index contributed by atoms with van der Waals surface area (Å²) in [6.07, 6.45) is 2.44. The summed E-state index contributed by atoms with van der Waals surface area (Å²) in [5, 5.41) is 5.35. The minimum absolute atomic E-state index is 0.174. The van der Waals surface area contributed by atoms with Crippen molar-refractivity contribution in [3.63, 3.8) is 0 Å². The third-order valence-corrected chi connectivity index (χ3v) is 8.38. The van der Waals surface area contributed by atoms with Crippen molar-refractivity contribution in [1.29, 1.82) is 0 Å². The van der Waals surface area contributed by atoms with Gasteiger partial charge in [0.15, 0.2) is 0 Å². The molecule has 0 spiro atoms. The van der Waals surface area contributed by atoms with Crippen LogP contribution in [0.3, 0.4) is 0 Å². The van der Waals surface area contributed by atoms with Crippen LogP contribution < -0.4 is 0 Å². The summed E-state index contributed by atoms with van der Waals surface area (Å²) in [5.74, 6) is 0. The molecule has 0 bridgehead atoms. The Hall–Kier alpha value is -3.52. The molecule has 0 saturated heterocycles. The smallest absolute Gasteiger partial charge is 0.0548 e. The maximum atomic E-state index is 3.67. The Morgan fingerprint density at radius 2 is 1.29 bits per heavy atom. The molecule has 1 aliphatic carbocycles. The van der Waals surface area contributed by atoms with Gasteiger partial charge in [-0.1, -0.05) is 64.1 Å². The van der Waals surface area contributed by atoms with Crippen molar-refractivity contribution in [2.24, 2.45) is 0 Å². The fourth-order valence-electron chi connectivity index (χ4n) is 6.36. The second-order valence-electron chi connectivity index (χ2n) is 11.4. The molecule has 168 valence electrons. The number of benzene rings is 4. The largest absolute Gasteiger partial charge is 0.354 e. The quantitative estimate of drug-likeness (QED) is 0.263. The monoisotopic (exact) mass is 442 g/mol. The Kier molecular flexibility index (Phi) is 3.83. The molecule has 0 aliphatic heterocycles. The summed E-state index contributed by atoms with van der Waals surface area (Å²) in [7, 11) is 0. The van der Waals surface area contributed by atoms with Crippen LogP contribution in [-0.2, 0) is 10.8 Å². The molecule has 0 radical (unpaired) electrons. The van der Waals surface area contributed by atoms with Crippen LogP contribution in [0.5, 0.6) is 0 Å². The number of para-hydroxylation sites is 2. The molecule has 6 aromatic rings. The highest BCUT2D eigenvalue weighted by molar-refractivity contribution is 6.28. The van der Waals surface area contributed by atoms with Crippen LogP contribution >= 0.6 is 0 Å².